The van der Waals surface area contributed by atoms with Crippen molar-refractivity contribution in [1.29, 1.82) is 0 Å². The molecule has 66 valence electrons. The van der Waals surface area contributed by atoms with Crippen molar-refractivity contribution in [2.45, 2.75) is 32.6 Å². The fraction of sp³-hybridized carbons (Fsp3) is 0.875. The van der Waals surface area contributed by atoms with Crippen LogP contribution < -0.4 is 0 Å². The van der Waals surface area contributed by atoms with Crippen LogP contribution in [-0.4, -0.2) is 24.3 Å². The van der Waals surface area contributed by atoms with Gasteiger partial charge >= 0.3 is 5.97 Å². The Morgan fingerprint density at radius 1 is 1.45 bits per heavy atom. The second-order valence-electron chi connectivity index (χ2n) is 2.40. The first-order chi connectivity index (χ1) is 5.31. The van der Waals surface area contributed by atoms with Crippen molar-refractivity contribution in [2.24, 2.45) is 0 Å². The third kappa shape index (κ3) is 7.33. The van der Waals surface area contributed by atoms with E-state index in [0.29, 0.717) is 19.4 Å². The van der Waals surface area contributed by atoms with Gasteiger partial charge in [-0.15, -0.1) is 0 Å². The quantitative estimate of drug-likeness (QED) is 0.467. The Morgan fingerprint density at radius 3 is 2.73 bits per heavy atom. The number of hydrogen-bond donors (Lipinski definition) is 1. The SMILES string of the molecule is CCCOC(=O)CCCCO. The van der Waals surface area contributed by atoms with Crippen LogP contribution in [0.15, 0.2) is 0 Å². The van der Waals surface area contributed by atoms with Gasteiger partial charge in [-0.05, 0) is 19.3 Å². The lowest BCUT2D eigenvalue weighted by Crippen LogP contribution is -2.04. The van der Waals surface area contributed by atoms with Crippen LogP contribution in [-0.2, 0) is 9.53 Å². The molecule has 3 nitrogen and oxygen atoms in total. The van der Waals surface area contributed by atoms with Crippen molar-refractivity contribution in [3.8, 4) is 0 Å². The molecule has 0 saturated heterocycles. The summed E-state index contributed by atoms with van der Waals surface area (Å²) in [6.45, 7) is 2.63. The molecule has 0 aliphatic carbocycles. The van der Waals surface area contributed by atoms with Crippen LogP contribution in [0.2, 0.25) is 0 Å². The molecule has 0 aromatic heterocycles. The molecule has 0 bridgehead atoms. The maximum absolute atomic E-state index is 10.8. The fourth-order valence-corrected chi connectivity index (χ4v) is 0.669. The van der Waals surface area contributed by atoms with Crippen LogP contribution >= 0.6 is 0 Å². The van der Waals surface area contributed by atoms with E-state index >= 15 is 0 Å². The molecule has 0 amide bonds. The average Bonchev–Trinajstić information content (AvgIpc) is 2.01. The molecule has 0 radical (unpaired) electrons. The highest BCUT2D eigenvalue weighted by Crippen LogP contribution is 1.96. The van der Waals surface area contributed by atoms with Gasteiger partial charge in [-0.2, -0.15) is 0 Å². The van der Waals surface area contributed by atoms with E-state index < -0.39 is 0 Å². The topological polar surface area (TPSA) is 46.5 Å². The predicted molar refractivity (Wildman–Crippen MR) is 42.2 cm³/mol. The van der Waals surface area contributed by atoms with Crippen LogP contribution in [0.3, 0.4) is 0 Å². The second-order valence-corrected chi connectivity index (χ2v) is 2.40. The molecule has 0 unspecified atom stereocenters. The molecule has 0 fully saturated rings. The standard InChI is InChI=1S/C8H16O3/c1-2-7-11-8(10)5-3-4-6-9/h9H,2-7H2,1H3. The number of aliphatic hydroxyl groups is 1. The van der Waals surface area contributed by atoms with Gasteiger partial charge in [0.15, 0.2) is 0 Å². The highest BCUT2D eigenvalue weighted by Gasteiger charge is 1.99. The van der Waals surface area contributed by atoms with E-state index in [1.54, 1.807) is 0 Å². The van der Waals surface area contributed by atoms with Crippen molar-refractivity contribution < 1.29 is 14.6 Å². The summed E-state index contributed by atoms with van der Waals surface area (Å²) in [5, 5.41) is 8.40. The van der Waals surface area contributed by atoms with E-state index in [2.05, 4.69) is 0 Å². The minimum Gasteiger partial charge on any atom is -0.466 e. The Hall–Kier alpha value is -0.570. The molecule has 11 heavy (non-hydrogen) atoms. The third-order valence-electron chi connectivity index (χ3n) is 1.26. The minimum atomic E-state index is -0.152. The van der Waals surface area contributed by atoms with Crippen LogP contribution in [0.1, 0.15) is 32.6 Å². The monoisotopic (exact) mass is 160 g/mol. The molecule has 0 aliphatic heterocycles. The van der Waals surface area contributed by atoms with E-state index in [4.69, 9.17) is 9.84 Å². The molecule has 0 aromatic carbocycles. The number of unbranched alkanes of at least 4 members (excludes halogenated alkanes) is 1. The number of aliphatic hydroxyl groups excluding tert-OH is 1. The molecule has 0 heterocycles. The molecule has 1 N–H and O–H groups in total. The lowest BCUT2D eigenvalue weighted by molar-refractivity contribution is -0.143. The number of esters is 1. The Kier molecular flexibility index (Phi) is 7.15. The van der Waals surface area contributed by atoms with Gasteiger partial charge in [0.1, 0.15) is 0 Å². The summed E-state index contributed by atoms with van der Waals surface area (Å²) in [6.07, 6.45) is 2.70. The molecular formula is C8H16O3. The smallest absolute Gasteiger partial charge is 0.305 e. The van der Waals surface area contributed by atoms with Gasteiger partial charge in [-0.3, -0.25) is 4.79 Å². The molecular weight excluding hydrogens is 144 g/mol. The summed E-state index contributed by atoms with van der Waals surface area (Å²) in [6, 6.07) is 0. The molecule has 0 rings (SSSR count). The maximum Gasteiger partial charge on any atom is 0.305 e. The van der Waals surface area contributed by atoms with Gasteiger partial charge in [0, 0.05) is 13.0 Å². The number of carbonyl (C=O) groups excluding carboxylic acids is 1. The minimum absolute atomic E-state index is 0.152. The molecule has 0 spiro atoms. The van der Waals surface area contributed by atoms with Crippen LogP contribution in [0.4, 0.5) is 0 Å². The first kappa shape index (κ1) is 10.4. The summed E-state index contributed by atoms with van der Waals surface area (Å²) in [5.74, 6) is -0.152. The fourth-order valence-electron chi connectivity index (χ4n) is 0.669. The number of hydrogen-bond acceptors (Lipinski definition) is 3. The summed E-state index contributed by atoms with van der Waals surface area (Å²) < 4.78 is 4.82. The number of ether oxygens (including phenoxy) is 1. The van der Waals surface area contributed by atoms with Crippen molar-refractivity contribution in [1.82, 2.24) is 0 Å². The zero-order valence-corrected chi connectivity index (χ0v) is 7.01. The molecule has 0 aliphatic rings. The van der Waals surface area contributed by atoms with Crippen LogP contribution in [0.5, 0.6) is 0 Å². The van der Waals surface area contributed by atoms with Gasteiger partial charge in [0.2, 0.25) is 0 Å². The Bertz CT molecular complexity index is 102. The van der Waals surface area contributed by atoms with Crippen molar-refractivity contribution in [3.05, 3.63) is 0 Å². The van der Waals surface area contributed by atoms with Crippen LogP contribution in [0.25, 0.3) is 0 Å². The molecule has 3 heteroatoms. The average molecular weight is 160 g/mol. The van der Waals surface area contributed by atoms with E-state index in [-0.39, 0.29) is 12.6 Å². The third-order valence-corrected chi connectivity index (χ3v) is 1.26. The largest absolute Gasteiger partial charge is 0.466 e. The van der Waals surface area contributed by atoms with Crippen molar-refractivity contribution >= 4 is 5.97 Å². The van der Waals surface area contributed by atoms with Gasteiger partial charge in [0.25, 0.3) is 0 Å². The van der Waals surface area contributed by atoms with E-state index in [9.17, 15) is 4.79 Å². The maximum atomic E-state index is 10.8. The summed E-state index contributed by atoms with van der Waals surface area (Å²) in [4.78, 5) is 10.8. The first-order valence-electron chi connectivity index (χ1n) is 4.07. The lowest BCUT2D eigenvalue weighted by Gasteiger charge is -2.01. The van der Waals surface area contributed by atoms with Gasteiger partial charge < -0.3 is 9.84 Å². The lowest BCUT2D eigenvalue weighted by atomic mass is 10.2. The normalized spacial score (nSPS) is 9.64. The van der Waals surface area contributed by atoms with E-state index in [1.807, 2.05) is 6.92 Å². The molecule has 0 atom stereocenters. The first-order valence-corrected chi connectivity index (χ1v) is 4.07. The van der Waals surface area contributed by atoms with Gasteiger partial charge in [-0.1, -0.05) is 6.92 Å². The van der Waals surface area contributed by atoms with Crippen molar-refractivity contribution in [2.75, 3.05) is 13.2 Å². The number of carbonyl (C=O) groups is 1. The highest BCUT2D eigenvalue weighted by molar-refractivity contribution is 5.69. The molecule has 0 aromatic rings. The predicted octanol–water partition coefficient (Wildman–Crippen LogP) is 1.10. The summed E-state index contributed by atoms with van der Waals surface area (Å²) >= 11 is 0. The Labute approximate surface area is 67.4 Å². The second kappa shape index (κ2) is 7.54. The summed E-state index contributed by atoms with van der Waals surface area (Å²) in [5.41, 5.74) is 0. The zero-order valence-electron chi connectivity index (χ0n) is 7.01. The van der Waals surface area contributed by atoms with Crippen molar-refractivity contribution in [3.63, 3.8) is 0 Å². The van der Waals surface area contributed by atoms with Gasteiger partial charge in [0.05, 0.1) is 6.61 Å². The van der Waals surface area contributed by atoms with Gasteiger partial charge in [-0.25, -0.2) is 0 Å². The Morgan fingerprint density at radius 2 is 2.18 bits per heavy atom. The highest BCUT2D eigenvalue weighted by atomic mass is 16.5. The van der Waals surface area contributed by atoms with E-state index in [1.165, 1.54) is 0 Å². The Balaban J connectivity index is 3.09. The molecule has 0 saturated carbocycles. The van der Waals surface area contributed by atoms with E-state index in [0.717, 1.165) is 12.8 Å². The summed E-state index contributed by atoms with van der Waals surface area (Å²) in [7, 11) is 0. The zero-order chi connectivity index (χ0) is 8.53. The van der Waals surface area contributed by atoms with Crippen LogP contribution in [0, 0.1) is 0 Å². The number of rotatable bonds is 6.